The average Bonchev–Trinajstić information content (AvgIpc) is 2.33. The maximum Gasteiger partial charge on any atom is 0.106 e. The van der Waals surface area contributed by atoms with Gasteiger partial charge in [-0.25, -0.2) is 0 Å². The van der Waals surface area contributed by atoms with E-state index in [0.29, 0.717) is 6.61 Å². The Morgan fingerprint density at radius 2 is 2.33 bits per heavy atom. The van der Waals surface area contributed by atoms with E-state index in [1.54, 1.807) is 7.11 Å². The summed E-state index contributed by atoms with van der Waals surface area (Å²) >= 11 is 0. The minimum Gasteiger partial charge on any atom is -0.390 e. The summed E-state index contributed by atoms with van der Waals surface area (Å²) < 4.78 is 10.3. The largest absolute Gasteiger partial charge is 0.390 e. The lowest BCUT2D eigenvalue weighted by molar-refractivity contribution is -0.0183. The van der Waals surface area contributed by atoms with Crippen molar-refractivity contribution < 1.29 is 14.6 Å². The minimum atomic E-state index is -0.477. The first kappa shape index (κ1) is 10.1. The lowest BCUT2D eigenvalue weighted by Crippen LogP contribution is -2.29. The van der Waals surface area contributed by atoms with Crippen molar-refractivity contribution in [3.8, 4) is 0 Å². The molecule has 3 radical (unpaired) electrons. The molecule has 0 unspecified atom stereocenters. The van der Waals surface area contributed by atoms with Gasteiger partial charge in [0.25, 0.3) is 0 Å². The molecule has 4 atom stereocenters. The molecule has 0 aromatic heterocycles. The van der Waals surface area contributed by atoms with Crippen LogP contribution in [0.1, 0.15) is 6.92 Å². The van der Waals surface area contributed by atoms with E-state index in [2.05, 4.69) is 0 Å². The summed E-state index contributed by atoms with van der Waals surface area (Å²) in [5.74, 6) is 0.0511. The molecule has 0 saturated carbocycles. The van der Waals surface area contributed by atoms with Crippen molar-refractivity contribution in [2.75, 3.05) is 13.7 Å². The maximum atomic E-state index is 9.61. The van der Waals surface area contributed by atoms with Gasteiger partial charge in [0, 0.05) is 26.8 Å². The van der Waals surface area contributed by atoms with E-state index in [4.69, 9.17) is 17.2 Å². The summed E-state index contributed by atoms with van der Waals surface area (Å²) in [6, 6.07) is -0.153. The molecule has 1 saturated heterocycles. The predicted octanol–water partition coefficient (Wildman–Crippen LogP) is -0.858. The monoisotopic (exact) mass is 167 g/mol. The molecular formula is C7H13B2O3. The fourth-order valence-corrected chi connectivity index (χ4v) is 1.46. The molecule has 1 fully saturated rings. The Morgan fingerprint density at radius 1 is 1.67 bits per heavy atom. The number of rotatable bonds is 3. The molecule has 0 bridgehead atoms. The molecule has 1 aliphatic heterocycles. The van der Waals surface area contributed by atoms with Gasteiger partial charge < -0.3 is 14.6 Å². The topological polar surface area (TPSA) is 38.7 Å². The summed E-state index contributed by atoms with van der Waals surface area (Å²) in [5, 5.41) is 9.61. The molecule has 1 heterocycles. The highest BCUT2D eigenvalue weighted by Gasteiger charge is 2.39. The lowest BCUT2D eigenvalue weighted by atomic mass is 9.49. The standard InChI is InChI=1S/C7H13B2O3/c1-4-6(10)5(3-11-2)12-7(4)9-8/h4-7,10H,3H2,1-2H3/t4-,5-,6+,7-/m1/s1. The quantitative estimate of drug-likeness (QED) is 0.555. The zero-order chi connectivity index (χ0) is 9.14. The van der Waals surface area contributed by atoms with Gasteiger partial charge in [-0.15, -0.1) is 0 Å². The number of methoxy groups -OCH3 is 1. The zero-order valence-electron chi connectivity index (χ0n) is 7.43. The molecule has 0 aliphatic carbocycles. The fraction of sp³-hybridized carbons (Fsp3) is 1.00. The summed E-state index contributed by atoms with van der Waals surface area (Å²) in [6.07, 6.45) is -0.718. The van der Waals surface area contributed by atoms with Crippen molar-refractivity contribution in [2.45, 2.75) is 25.1 Å². The summed E-state index contributed by atoms with van der Waals surface area (Å²) in [7, 11) is 8.40. The van der Waals surface area contributed by atoms with Gasteiger partial charge in [-0.05, 0) is 0 Å². The van der Waals surface area contributed by atoms with Crippen LogP contribution in [0.2, 0.25) is 0 Å². The van der Waals surface area contributed by atoms with Gasteiger partial charge in [-0.2, -0.15) is 0 Å². The van der Waals surface area contributed by atoms with E-state index in [1.165, 1.54) is 7.17 Å². The van der Waals surface area contributed by atoms with Crippen LogP contribution in [0.25, 0.3) is 0 Å². The van der Waals surface area contributed by atoms with Crippen molar-refractivity contribution in [2.24, 2.45) is 5.92 Å². The van der Waals surface area contributed by atoms with Gasteiger partial charge in [0.2, 0.25) is 0 Å². The molecule has 1 rings (SSSR count). The Kier molecular flexibility index (Phi) is 3.62. The molecule has 5 heteroatoms. The van der Waals surface area contributed by atoms with Crippen molar-refractivity contribution >= 4 is 14.9 Å². The number of hydrogen-bond donors (Lipinski definition) is 1. The maximum absolute atomic E-state index is 9.61. The van der Waals surface area contributed by atoms with Crippen LogP contribution in [0, 0.1) is 5.92 Å². The van der Waals surface area contributed by atoms with Crippen molar-refractivity contribution in [1.82, 2.24) is 0 Å². The van der Waals surface area contributed by atoms with E-state index in [9.17, 15) is 5.11 Å². The van der Waals surface area contributed by atoms with Crippen molar-refractivity contribution in [1.29, 1.82) is 0 Å². The smallest absolute Gasteiger partial charge is 0.106 e. The number of ether oxygens (including phenoxy) is 2. The first-order valence-electron chi connectivity index (χ1n) is 4.08. The first-order chi connectivity index (χ1) is 5.70. The third-order valence-electron chi connectivity index (χ3n) is 2.29. The van der Waals surface area contributed by atoms with Crippen LogP contribution in [-0.2, 0) is 9.47 Å². The highest BCUT2D eigenvalue weighted by Crippen LogP contribution is 2.25. The van der Waals surface area contributed by atoms with Gasteiger partial charge in [0.1, 0.15) is 6.10 Å². The zero-order valence-corrected chi connectivity index (χ0v) is 7.43. The Bertz CT molecular complexity index is 145. The first-order valence-corrected chi connectivity index (χ1v) is 4.08. The predicted molar refractivity (Wildman–Crippen MR) is 47.2 cm³/mol. The van der Waals surface area contributed by atoms with Gasteiger partial charge in [0.05, 0.1) is 19.9 Å². The van der Waals surface area contributed by atoms with Crippen LogP contribution in [0.5, 0.6) is 0 Å². The lowest BCUT2D eigenvalue weighted by Gasteiger charge is -2.13. The summed E-state index contributed by atoms with van der Waals surface area (Å²) in [4.78, 5) is 0. The van der Waals surface area contributed by atoms with Gasteiger partial charge >= 0.3 is 0 Å². The van der Waals surface area contributed by atoms with Crippen LogP contribution >= 0.6 is 0 Å². The summed E-state index contributed by atoms with van der Waals surface area (Å²) in [6.45, 7) is 2.32. The van der Waals surface area contributed by atoms with E-state index in [1.807, 2.05) is 6.92 Å². The van der Waals surface area contributed by atoms with E-state index < -0.39 is 6.10 Å². The highest BCUT2D eigenvalue weighted by molar-refractivity contribution is 6.90. The number of aliphatic hydroxyl groups is 1. The Balaban J connectivity index is 2.48. The van der Waals surface area contributed by atoms with Crippen LogP contribution in [0.4, 0.5) is 0 Å². The molecule has 65 valence electrons. The molecule has 0 aromatic carbocycles. The van der Waals surface area contributed by atoms with Crippen molar-refractivity contribution in [3.05, 3.63) is 0 Å². The SMILES string of the molecule is [B][B][C@@H]1O[C@H](COC)[C@@H](O)[C@H]1C. The van der Waals surface area contributed by atoms with Crippen LogP contribution in [0.3, 0.4) is 0 Å². The van der Waals surface area contributed by atoms with E-state index >= 15 is 0 Å². The molecule has 3 nitrogen and oxygen atoms in total. The van der Waals surface area contributed by atoms with Gasteiger partial charge in [-0.1, -0.05) is 6.92 Å². The molecule has 0 amide bonds. The van der Waals surface area contributed by atoms with Crippen molar-refractivity contribution in [3.63, 3.8) is 0 Å². The second-order valence-electron chi connectivity index (χ2n) is 3.14. The molecule has 1 N–H and O–H groups in total. The van der Waals surface area contributed by atoms with Crippen LogP contribution in [-0.4, -0.2) is 51.9 Å². The second-order valence-corrected chi connectivity index (χ2v) is 3.14. The van der Waals surface area contributed by atoms with E-state index in [0.717, 1.165) is 0 Å². The van der Waals surface area contributed by atoms with Gasteiger partial charge in [-0.3, -0.25) is 0 Å². The molecular weight excluding hydrogens is 154 g/mol. The average molecular weight is 167 g/mol. The Hall–Kier alpha value is 0.00987. The molecule has 0 aromatic rings. The Labute approximate surface area is 75.1 Å². The normalized spacial score (nSPS) is 41.6. The third kappa shape index (κ3) is 1.84. The van der Waals surface area contributed by atoms with Gasteiger partial charge in [0.15, 0.2) is 0 Å². The third-order valence-corrected chi connectivity index (χ3v) is 2.29. The number of hydrogen-bond acceptors (Lipinski definition) is 3. The molecule has 12 heavy (non-hydrogen) atoms. The summed E-state index contributed by atoms with van der Waals surface area (Å²) in [5.41, 5.74) is 0. The molecule has 0 spiro atoms. The molecule has 1 aliphatic rings. The Morgan fingerprint density at radius 3 is 2.75 bits per heavy atom. The number of aliphatic hydroxyl groups excluding tert-OH is 1. The minimum absolute atomic E-state index is 0.0511. The van der Waals surface area contributed by atoms with Crippen LogP contribution in [0.15, 0.2) is 0 Å². The second kappa shape index (κ2) is 4.30. The highest BCUT2D eigenvalue weighted by atomic mass is 16.5. The fourth-order valence-electron chi connectivity index (χ4n) is 1.46. The van der Waals surface area contributed by atoms with Crippen LogP contribution < -0.4 is 0 Å². The van der Waals surface area contributed by atoms with E-state index in [-0.39, 0.29) is 18.0 Å².